The van der Waals surface area contributed by atoms with Gasteiger partial charge in [-0.3, -0.25) is 4.90 Å². The van der Waals surface area contributed by atoms with Gasteiger partial charge in [0, 0.05) is 25.1 Å². The lowest BCUT2D eigenvalue weighted by Gasteiger charge is -2.15. The third kappa shape index (κ3) is 3.70. The van der Waals surface area contributed by atoms with Gasteiger partial charge in [-0.05, 0) is 33.4 Å². The van der Waals surface area contributed by atoms with E-state index in [2.05, 4.69) is 38.0 Å². The zero-order valence-electron chi connectivity index (χ0n) is 13.5. The van der Waals surface area contributed by atoms with Gasteiger partial charge in [0.15, 0.2) is 0 Å². The van der Waals surface area contributed by atoms with Crippen molar-refractivity contribution in [3.05, 3.63) is 16.3 Å². The fourth-order valence-electron chi connectivity index (χ4n) is 2.23. The van der Waals surface area contributed by atoms with Gasteiger partial charge in [-0.2, -0.15) is 0 Å². The predicted molar refractivity (Wildman–Crippen MR) is 89.3 cm³/mol. The SMILES string of the molecule is CCNc1nc(CN(C)CCOC)nc2sc(C)c(C)c12. The van der Waals surface area contributed by atoms with Gasteiger partial charge < -0.3 is 10.1 Å². The molecule has 0 saturated carbocycles. The number of methoxy groups -OCH3 is 1. The Balaban J connectivity index is 2.33. The smallest absolute Gasteiger partial charge is 0.146 e. The van der Waals surface area contributed by atoms with E-state index < -0.39 is 0 Å². The summed E-state index contributed by atoms with van der Waals surface area (Å²) in [4.78, 5) is 14.0. The van der Waals surface area contributed by atoms with E-state index in [0.717, 1.165) is 42.7 Å². The monoisotopic (exact) mass is 308 g/mol. The Hall–Kier alpha value is -1.24. The lowest BCUT2D eigenvalue weighted by atomic mass is 10.2. The fraction of sp³-hybridized carbons (Fsp3) is 0.600. The quantitative estimate of drug-likeness (QED) is 0.852. The number of thiophene rings is 1. The van der Waals surface area contributed by atoms with E-state index >= 15 is 0 Å². The van der Waals surface area contributed by atoms with E-state index in [-0.39, 0.29) is 0 Å². The highest BCUT2D eigenvalue weighted by molar-refractivity contribution is 7.18. The Labute approximate surface area is 130 Å². The molecule has 1 N–H and O–H groups in total. The van der Waals surface area contributed by atoms with Gasteiger partial charge in [0.25, 0.3) is 0 Å². The molecule has 2 rings (SSSR count). The van der Waals surface area contributed by atoms with Crippen molar-refractivity contribution in [2.45, 2.75) is 27.3 Å². The number of anilines is 1. The summed E-state index contributed by atoms with van der Waals surface area (Å²) in [7, 11) is 3.78. The molecule has 6 heteroatoms. The Bertz CT molecular complexity index is 611. The first-order valence-electron chi connectivity index (χ1n) is 7.24. The van der Waals surface area contributed by atoms with Crippen LogP contribution in [0.15, 0.2) is 0 Å². The molecule has 0 spiro atoms. The number of nitrogens with one attached hydrogen (secondary N) is 1. The number of aryl methyl sites for hydroxylation is 2. The van der Waals surface area contributed by atoms with Gasteiger partial charge in [0.1, 0.15) is 16.5 Å². The molecule has 0 fully saturated rings. The molecule has 2 aromatic rings. The van der Waals surface area contributed by atoms with Crippen LogP contribution in [-0.2, 0) is 11.3 Å². The number of nitrogens with zero attached hydrogens (tertiary/aromatic N) is 3. The maximum Gasteiger partial charge on any atom is 0.146 e. The molecule has 0 aliphatic carbocycles. The molecule has 0 aliphatic heterocycles. The van der Waals surface area contributed by atoms with Crippen molar-refractivity contribution in [1.29, 1.82) is 0 Å². The van der Waals surface area contributed by atoms with Crippen molar-refractivity contribution in [2.24, 2.45) is 0 Å². The molecule has 21 heavy (non-hydrogen) atoms. The number of aromatic nitrogens is 2. The molecular weight excluding hydrogens is 284 g/mol. The number of hydrogen-bond acceptors (Lipinski definition) is 6. The van der Waals surface area contributed by atoms with Gasteiger partial charge in [-0.25, -0.2) is 9.97 Å². The van der Waals surface area contributed by atoms with E-state index in [1.807, 2.05) is 0 Å². The third-order valence-corrected chi connectivity index (χ3v) is 4.61. The molecule has 0 aromatic carbocycles. The normalized spacial score (nSPS) is 11.5. The summed E-state index contributed by atoms with van der Waals surface area (Å²) < 4.78 is 5.11. The highest BCUT2D eigenvalue weighted by atomic mass is 32.1. The van der Waals surface area contributed by atoms with Gasteiger partial charge in [0.05, 0.1) is 18.5 Å². The summed E-state index contributed by atoms with van der Waals surface area (Å²) in [5, 5.41) is 4.54. The van der Waals surface area contributed by atoms with Crippen molar-refractivity contribution in [2.75, 3.05) is 39.2 Å². The molecule has 0 atom stereocenters. The zero-order chi connectivity index (χ0) is 15.4. The highest BCUT2D eigenvalue weighted by Gasteiger charge is 2.14. The first kappa shape index (κ1) is 16.1. The third-order valence-electron chi connectivity index (χ3n) is 3.51. The maximum absolute atomic E-state index is 5.11. The van der Waals surface area contributed by atoms with E-state index in [0.29, 0.717) is 0 Å². The summed E-state index contributed by atoms with van der Waals surface area (Å²) in [6.45, 7) is 9.55. The lowest BCUT2D eigenvalue weighted by molar-refractivity contribution is 0.157. The lowest BCUT2D eigenvalue weighted by Crippen LogP contribution is -2.23. The Kier molecular flexibility index (Phi) is 5.50. The average Bonchev–Trinajstić information content (AvgIpc) is 2.72. The van der Waals surface area contributed by atoms with E-state index in [9.17, 15) is 0 Å². The van der Waals surface area contributed by atoms with Gasteiger partial charge in [0.2, 0.25) is 0 Å². The van der Waals surface area contributed by atoms with Crippen LogP contribution in [0.2, 0.25) is 0 Å². The van der Waals surface area contributed by atoms with E-state index in [1.54, 1.807) is 18.4 Å². The average molecular weight is 308 g/mol. The molecule has 0 bridgehead atoms. The van der Waals surface area contributed by atoms with Crippen LogP contribution < -0.4 is 5.32 Å². The van der Waals surface area contributed by atoms with Crippen LogP contribution in [0.3, 0.4) is 0 Å². The first-order chi connectivity index (χ1) is 10.1. The minimum Gasteiger partial charge on any atom is -0.383 e. The summed E-state index contributed by atoms with van der Waals surface area (Å²) in [6.07, 6.45) is 0. The molecule has 0 unspecified atom stereocenters. The molecule has 0 saturated heterocycles. The van der Waals surface area contributed by atoms with Crippen molar-refractivity contribution < 1.29 is 4.74 Å². The van der Waals surface area contributed by atoms with Crippen LogP contribution in [0, 0.1) is 13.8 Å². The largest absolute Gasteiger partial charge is 0.383 e. The van der Waals surface area contributed by atoms with Gasteiger partial charge >= 0.3 is 0 Å². The first-order valence-corrected chi connectivity index (χ1v) is 8.06. The van der Waals surface area contributed by atoms with E-state index in [1.165, 1.54) is 15.8 Å². The van der Waals surface area contributed by atoms with Gasteiger partial charge in [-0.1, -0.05) is 0 Å². The number of ether oxygens (including phenoxy) is 1. The maximum atomic E-state index is 5.11. The van der Waals surface area contributed by atoms with Crippen LogP contribution in [-0.4, -0.2) is 48.7 Å². The Morgan fingerprint density at radius 3 is 2.71 bits per heavy atom. The molecule has 0 radical (unpaired) electrons. The van der Waals surface area contributed by atoms with Crippen LogP contribution in [0.5, 0.6) is 0 Å². The number of likely N-dealkylation sites (N-methyl/N-ethyl adjacent to an activating group) is 1. The predicted octanol–water partition coefficient (Wildman–Crippen LogP) is 2.82. The second-order valence-electron chi connectivity index (χ2n) is 5.21. The van der Waals surface area contributed by atoms with E-state index in [4.69, 9.17) is 14.7 Å². The number of hydrogen-bond donors (Lipinski definition) is 1. The molecule has 0 aliphatic rings. The second-order valence-corrected chi connectivity index (χ2v) is 6.42. The highest BCUT2D eigenvalue weighted by Crippen LogP contribution is 2.33. The van der Waals surface area contributed by atoms with Crippen molar-refractivity contribution in [1.82, 2.24) is 14.9 Å². The Morgan fingerprint density at radius 2 is 2.05 bits per heavy atom. The fourth-order valence-corrected chi connectivity index (χ4v) is 3.28. The van der Waals surface area contributed by atoms with Crippen molar-refractivity contribution >= 4 is 27.4 Å². The number of rotatable bonds is 7. The molecule has 0 amide bonds. The minimum absolute atomic E-state index is 0.718. The van der Waals surface area contributed by atoms with Crippen LogP contribution in [0.4, 0.5) is 5.82 Å². The topological polar surface area (TPSA) is 50.3 Å². The number of fused-ring (bicyclic) bond motifs is 1. The van der Waals surface area contributed by atoms with Crippen LogP contribution >= 0.6 is 11.3 Å². The Morgan fingerprint density at radius 1 is 1.29 bits per heavy atom. The molecule has 2 aromatic heterocycles. The zero-order valence-corrected chi connectivity index (χ0v) is 14.3. The molecule has 2 heterocycles. The molecular formula is C15H24N4OS. The van der Waals surface area contributed by atoms with Gasteiger partial charge in [-0.15, -0.1) is 11.3 Å². The van der Waals surface area contributed by atoms with Crippen molar-refractivity contribution in [3.8, 4) is 0 Å². The minimum atomic E-state index is 0.718. The standard InChI is InChI=1S/C15H24N4OS/c1-6-16-14-13-10(2)11(3)21-15(13)18-12(17-14)9-19(4)7-8-20-5/h6-9H2,1-5H3,(H,16,17,18). The summed E-state index contributed by atoms with van der Waals surface area (Å²) in [5.41, 5.74) is 1.28. The second kappa shape index (κ2) is 7.15. The molecule has 5 nitrogen and oxygen atoms in total. The molecule has 116 valence electrons. The van der Waals surface area contributed by atoms with Crippen molar-refractivity contribution in [3.63, 3.8) is 0 Å². The summed E-state index contributed by atoms with van der Waals surface area (Å²) in [5.74, 6) is 1.82. The summed E-state index contributed by atoms with van der Waals surface area (Å²) in [6, 6.07) is 0. The van der Waals surface area contributed by atoms with Crippen LogP contribution in [0.1, 0.15) is 23.2 Å². The van der Waals surface area contributed by atoms with Crippen LogP contribution in [0.25, 0.3) is 10.2 Å². The summed E-state index contributed by atoms with van der Waals surface area (Å²) >= 11 is 1.74.